The molecule has 2 aromatic rings. The Bertz CT molecular complexity index is 798. The average molecular weight is 361 g/mol. The lowest BCUT2D eigenvalue weighted by Gasteiger charge is -2.28. The van der Waals surface area contributed by atoms with Crippen LogP contribution in [0.25, 0.3) is 11.4 Å². The molecule has 1 heterocycles. The smallest absolute Gasteiger partial charge is 0.270 e. The molecule has 1 atom stereocenters. The van der Waals surface area contributed by atoms with E-state index in [9.17, 15) is 9.59 Å². The van der Waals surface area contributed by atoms with Crippen LogP contribution in [0.4, 0.5) is 0 Å². The maximum absolute atomic E-state index is 12.6. The van der Waals surface area contributed by atoms with Gasteiger partial charge in [-0.05, 0) is 42.7 Å². The zero-order valence-corrected chi connectivity index (χ0v) is 15.4. The number of carbonyl (C=O) groups excluding carboxylic acids is 2. The van der Waals surface area contributed by atoms with Crippen LogP contribution in [0, 0.1) is 12.3 Å². The fourth-order valence-corrected chi connectivity index (χ4v) is 2.46. The summed E-state index contributed by atoms with van der Waals surface area (Å²) in [6.07, 6.45) is 0. The fourth-order valence-electron chi connectivity index (χ4n) is 2.33. The average Bonchev–Trinajstić information content (AvgIpc) is 2.51. The van der Waals surface area contributed by atoms with Crippen LogP contribution in [0.15, 0.2) is 30.3 Å². The van der Waals surface area contributed by atoms with Crippen LogP contribution in [0.2, 0.25) is 5.02 Å². The summed E-state index contributed by atoms with van der Waals surface area (Å²) in [4.78, 5) is 32.9. The monoisotopic (exact) mass is 360 g/mol. The van der Waals surface area contributed by atoms with Crippen molar-refractivity contribution in [3.63, 3.8) is 0 Å². The van der Waals surface area contributed by atoms with Crippen molar-refractivity contribution in [2.45, 2.75) is 33.7 Å². The molecule has 7 heteroatoms. The van der Waals surface area contributed by atoms with Gasteiger partial charge in [0.1, 0.15) is 11.7 Å². The van der Waals surface area contributed by atoms with E-state index in [1.165, 1.54) is 0 Å². The van der Waals surface area contributed by atoms with Crippen molar-refractivity contribution in [3.05, 3.63) is 46.7 Å². The molecule has 0 aliphatic heterocycles. The minimum atomic E-state index is -0.811. The van der Waals surface area contributed by atoms with E-state index >= 15 is 0 Å². The highest BCUT2D eigenvalue weighted by Gasteiger charge is 2.31. The maximum atomic E-state index is 12.6. The first-order valence-corrected chi connectivity index (χ1v) is 8.17. The molecule has 1 aromatic carbocycles. The standard InChI is InChI=1S/C18H21ClN4O2/c1-10-9-13(17(25)23-14(15(20)24)18(2,3)4)22-16(21-10)11-5-7-12(19)8-6-11/h5-9,14H,1-4H3,(H2,20,24)(H,23,25). The zero-order chi connectivity index (χ0) is 18.8. The van der Waals surface area contributed by atoms with Gasteiger partial charge in [0.25, 0.3) is 5.91 Å². The molecule has 1 aromatic heterocycles. The fraction of sp³-hybridized carbons (Fsp3) is 0.333. The first kappa shape index (κ1) is 18.9. The van der Waals surface area contributed by atoms with E-state index in [0.717, 1.165) is 5.56 Å². The van der Waals surface area contributed by atoms with E-state index in [2.05, 4.69) is 15.3 Å². The molecule has 6 nitrogen and oxygen atoms in total. The molecule has 3 N–H and O–H groups in total. The molecule has 0 aliphatic rings. The quantitative estimate of drug-likeness (QED) is 0.875. The molecule has 2 rings (SSSR count). The zero-order valence-electron chi connectivity index (χ0n) is 14.6. The Labute approximate surface area is 151 Å². The summed E-state index contributed by atoms with van der Waals surface area (Å²) >= 11 is 5.89. The van der Waals surface area contributed by atoms with E-state index in [4.69, 9.17) is 17.3 Å². The van der Waals surface area contributed by atoms with Crippen LogP contribution in [0.1, 0.15) is 37.0 Å². The second-order valence-corrected chi connectivity index (χ2v) is 7.34. The summed E-state index contributed by atoms with van der Waals surface area (Å²) in [6.45, 7) is 7.25. The molecule has 0 saturated heterocycles. The summed E-state index contributed by atoms with van der Waals surface area (Å²) < 4.78 is 0. The number of aromatic nitrogens is 2. The number of aryl methyl sites for hydroxylation is 1. The topological polar surface area (TPSA) is 98.0 Å². The van der Waals surface area contributed by atoms with Crippen LogP contribution in [0.5, 0.6) is 0 Å². The van der Waals surface area contributed by atoms with Gasteiger partial charge in [0, 0.05) is 16.3 Å². The minimum absolute atomic E-state index is 0.174. The molecule has 0 radical (unpaired) electrons. The van der Waals surface area contributed by atoms with Crippen molar-refractivity contribution in [2.75, 3.05) is 0 Å². The second kappa shape index (κ2) is 7.19. The Morgan fingerprint density at radius 3 is 2.28 bits per heavy atom. The van der Waals surface area contributed by atoms with Gasteiger partial charge in [-0.3, -0.25) is 9.59 Å². The minimum Gasteiger partial charge on any atom is -0.368 e. The molecule has 25 heavy (non-hydrogen) atoms. The maximum Gasteiger partial charge on any atom is 0.270 e. The Balaban J connectivity index is 2.34. The van der Waals surface area contributed by atoms with Gasteiger partial charge in [-0.1, -0.05) is 32.4 Å². The lowest BCUT2D eigenvalue weighted by molar-refractivity contribution is -0.122. The molecule has 0 bridgehead atoms. The van der Waals surface area contributed by atoms with E-state index in [0.29, 0.717) is 16.5 Å². The number of amides is 2. The van der Waals surface area contributed by atoms with Gasteiger partial charge in [0.05, 0.1) is 0 Å². The first-order valence-electron chi connectivity index (χ1n) is 7.80. The molecule has 0 spiro atoms. The van der Waals surface area contributed by atoms with Crippen molar-refractivity contribution in [1.29, 1.82) is 0 Å². The first-order chi connectivity index (χ1) is 11.6. The number of hydrogen-bond acceptors (Lipinski definition) is 4. The SMILES string of the molecule is Cc1cc(C(=O)NC(C(N)=O)C(C)(C)C)nc(-c2ccc(Cl)cc2)n1. The van der Waals surface area contributed by atoms with Crippen LogP contribution in [-0.2, 0) is 4.79 Å². The van der Waals surface area contributed by atoms with Gasteiger partial charge in [-0.25, -0.2) is 9.97 Å². The molecule has 0 fully saturated rings. The predicted octanol–water partition coefficient (Wildman–Crippen LogP) is 2.74. The Kier molecular flexibility index (Phi) is 5.42. The molecule has 2 amide bonds. The largest absolute Gasteiger partial charge is 0.368 e. The number of carbonyl (C=O) groups is 2. The van der Waals surface area contributed by atoms with Crippen LogP contribution in [-0.4, -0.2) is 27.8 Å². The normalized spacial score (nSPS) is 12.5. The van der Waals surface area contributed by atoms with Crippen LogP contribution in [0.3, 0.4) is 0 Å². The number of primary amides is 1. The van der Waals surface area contributed by atoms with Gasteiger partial charge < -0.3 is 11.1 Å². The number of benzene rings is 1. The number of nitrogens with zero attached hydrogens (tertiary/aromatic N) is 2. The predicted molar refractivity (Wildman–Crippen MR) is 97.1 cm³/mol. The molecule has 132 valence electrons. The van der Waals surface area contributed by atoms with Crippen LogP contribution < -0.4 is 11.1 Å². The lowest BCUT2D eigenvalue weighted by Crippen LogP contribution is -2.52. The number of halogens is 1. The second-order valence-electron chi connectivity index (χ2n) is 6.90. The highest BCUT2D eigenvalue weighted by molar-refractivity contribution is 6.30. The van der Waals surface area contributed by atoms with E-state index < -0.39 is 23.3 Å². The van der Waals surface area contributed by atoms with Gasteiger partial charge in [0.15, 0.2) is 5.82 Å². The highest BCUT2D eigenvalue weighted by atomic mass is 35.5. The van der Waals surface area contributed by atoms with E-state index in [1.54, 1.807) is 37.3 Å². The Hall–Kier alpha value is -2.47. The van der Waals surface area contributed by atoms with Crippen molar-refractivity contribution in [2.24, 2.45) is 11.1 Å². The highest BCUT2D eigenvalue weighted by Crippen LogP contribution is 2.21. The van der Waals surface area contributed by atoms with Gasteiger partial charge in [-0.2, -0.15) is 0 Å². The van der Waals surface area contributed by atoms with Gasteiger partial charge in [-0.15, -0.1) is 0 Å². The number of rotatable bonds is 4. The number of nitrogens with one attached hydrogen (secondary N) is 1. The van der Waals surface area contributed by atoms with Crippen LogP contribution >= 0.6 is 11.6 Å². The molecular formula is C18H21ClN4O2. The van der Waals surface area contributed by atoms with Crippen molar-refractivity contribution < 1.29 is 9.59 Å². The summed E-state index contributed by atoms with van der Waals surface area (Å²) in [5, 5.41) is 3.26. The van der Waals surface area contributed by atoms with Gasteiger partial charge in [0.2, 0.25) is 5.91 Å². The molecular weight excluding hydrogens is 340 g/mol. The summed E-state index contributed by atoms with van der Waals surface area (Å²) in [6, 6.07) is 7.76. The third-order valence-corrected chi connectivity index (χ3v) is 3.87. The Morgan fingerprint density at radius 1 is 1.16 bits per heavy atom. The summed E-state index contributed by atoms with van der Waals surface area (Å²) in [5.41, 5.74) is 6.45. The lowest BCUT2D eigenvalue weighted by atomic mass is 9.86. The summed E-state index contributed by atoms with van der Waals surface area (Å²) in [7, 11) is 0. The van der Waals surface area contributed by atoms with Crippen molar-refractivity contribution >= 4 is 23.4 Å². The summed E-state index contributed by atoms with van der Waals surface area (Å²) in [5.74, 6) is -0.655. The van der Waals surface area contributed by atoms with E-state index in [-0.39, 0.29) is 5.69 Å². The molecule has 0 aliphatic carbocycles. The number of nitrogens with two attached hydrogens (primary N) is 1. The number of hydrogen-bond donors (Lipinski definition) is 2. The van der Waals surface area contributed by atoms with E-state index in [1.807, 2.05) is 20.8 Å². The van der Waals surface area contributed by atoms with Crippen molar-refractivity contribution in [1.82, 2.24) is 15.3 Å². The van der Waals surface area contributed by atoms with Gasteiger partial charge >= 0.3 is 0 Å². The Morgan fingerprint density at radius 2 is 1.76 bits per heavy atom. The molecule has 0 saturated carbocycles. The molecule has 1 unspecified atom stereocenters. The van der Waals surface area contributed by atoms with Crippen molar-refractivity contribution in [3.8, 4) is 11.4 Å². The third-order valence-electron chi connectivity index (χ3n) is 3.62. The third kappa shape index (κ3) is 4.76.